The summed E-state index contributed by atoms with van der Waals surface area (Å²) < 4.78 is 1.56. The first-order chi connectivity index (χ1) is 9.79. The van der Waals surface area contributed by atoms with Gasteiger partial charge in [-0.15, -0.1) is 0 Å². The Bertz CT molecular complexity index is 732. The van der Waals surface area contributed by atoms with E-state index in [0.717, 1.165) is 5.56 Å². The summed E-state index contributed by atoms with van der Waals surface area (Å²) in [5.74, 6) is -1.32. The first-order valence-corrected chi connectivity index (χ1v) is 6.45. The first-order valence-electron chi connectivity index (χ1n) is 6.45. The van der Waals surface area contributed by atoms with E-state index in [0.29, 0.717) is 22.5 Å². The zero-order chi connectivity index (χ0) is 15.7. The highest BCUT2D eigenvalue weighted by Crippen LogP contribution is 2.21. The summed E-state index contributed by atoms with van der Waals surface area (Å²) >= 11 is 0. The Morgan fingerprint density at radius 2 is 1.86 bits per heavy atom. The van der Waals surface area contributed by atoms with E-state index in [-0.39, 0.29) is 11.5 Å². The number of aromatic nitrogens is 2. The average molecular weight is 287 g/mol. The zero-order valence-electron chi connectivity index (χ0n) is 12.4. The molecule has 0 bridgehead atoms. The van der Waals surface area contributed by atoms with Crippen LogP contribution in [0.2, 0.25) is 0 Å². The van der Waals surface area contributed by atoms with Gasteiger partial charge in [0, 0.05) is 18.9 Å². The van der Waals surface area contributed by atoms with Crippen molar-refractivity contribution in [3.05, 3.63) is 46.3 Å². The van der Waals surface area contributed by atoms with Crippen LogP contribution in [0.3, 0.4) is 0 Å². The highest BCUT2D eigenvalue weighted by Gasteiger charge is 2.15. The molecule has 1 heterocycles. The molecule has 0 aliphatic carbocycles. The minimum atomic E-state index is -1.01. The highest BCUT2D eigenvalue weighted by atomic mass is 16.4. The number of carbonyl (C=O) groups excluding carboxylic acids is 1. The van der Waals surface area contributed by atoms with E-state index in [1.165, 1.54) is 6.07 Å². The van der Waals surface area contributed by atoms with Crippen molar-refractivity contribution in [3.8, 4) is 0 Å². The molecule has 6 nitrogen and oxygen atoms in total. The number of anilines is 1. The van der Waals surface area contributed by atoms with Gasteiger partial charge in [0.1, 0.15) is 0 Å². The topological polar surface area (TPSA) is 84.2 Å². The predicted octanol–water partition coefficient (Wildman–Crippen LogP) is 2.30. The van der Waals surface area contributed by atoms with Gasteiger partial charge in [0.15, 0.2) is 0 Å². The zero-order valence-corrected chi connectivity index (χ0v) is 12.4. The Labute approximate surface area is 122 Å². The van der Waals surface area contributed by atoms with E-state index in [9.17, 15) is 14.7 Å². The fourth-order valence-electron chi connectivity index (χ4n) is 2.17. The van der Waals surface area contributed by atoms with E-state index < -0.39 is 5.97 Å². The van der Waals surface area contributed by atoms with Crippen LogP contribution in [0.5, 0.6) is 0 Å². The molecule has 2 aromatic rings. The van der Waals surface area contributed by atoms with Crippen LogP contribution in [0, 0.1) is 20.8 Å². The van der Waals surface area contributed by atoms with Crippen LogP contribution in [-0.4, -0.2) is 26.8 Å². The number of carboxylic acids is 1. The lowest BCUT2D eigenvalue weighted by Crippen LogP contribution is -2.13. The number of nitrogens with zero attached hydrogens (tertiary/aromatic N) is 2. The third kappa shape index (κ3) is 2.94. The summed E-state index contributed by atoms with van der Waals surface area (Å²) in [6.07, 6.45) is 1.63. The molecule has 0 fully saturated rings. The normalized spacial score (nSPS) is 10.5. The molecule has 0 saturated heterocycles. The molecule has 2 N–H and O–H groups in total. The molecule has 1 amide bonds. The Hall–Kier alpha value is -2.63. The van der Waals surface area contributed by atoms with Crippen molar-refractivity contribution in [1.29, 1.82) is 0 Å². The molecular formula is C15H17N3O3. The van der Waals surface area contributed by atoms with Crippen molar-refractivity contribution >= 4 is 17.6 Å². The Morgan fingerprint density at radius 3 is 2.38 bits per heavy atom. The maximum Gasteiger partial charge on any atom is 0.336 e. The molecule has 0 aliphatic rings. The van der Waals surface area contributed by atoms with Crippen molar-refractivity contribution < 1.29 is 14.7 Å². The summed E-state index contributed by atoms with van der Waals surface area (Å²) in [7, 11) is 1.74. The predicted molar refractivity (Wildman–Crippen MR) is 78.8 cm³/mol. The molecule has 2 rings (SSSR count). The van der Waals surface area contributed by atoms with Crippen LogP contribution in [0.25, 0.3) is 0 Å². The number of aromatic carboxylic acids is 1. The molecule has 1 aromatic carbocycles. The van der Waals surface area contributed by atoms with Crippen LogP contribution in [0.1, 0.15) is 37.5 Å². The van der Waals surface area contributed by atoms with Crippen LogP contribution in [0.15, 0.2) is 18.3 Å². The number of aryl methyl sites for hydroxylation is 3. The molecule has 0 spiro atoms. The maximum absolute atomic E-state index is 12.2. The summed E-state index contributed by atoms with van der Waals surface area (Å²) in [4.78, 5) is 23.4. The van der Waals surface area contributed by atoms with Gasteiger partial charge in [0.05, 0.1) is 16.8 Å². The minimum Gasteiger partial charge on any atom is -0.478 e. The lowest BCUT2D eigenvalue weighted by molar-refractivity contribution is 0.0695. The van der Waals surface area contributed by atoms with Gasteiger partial charge >= 0.3 is 5.97 Å². The number of amides is 1. The standard InChI is InChI=1S/C15H17N3O3/c1-8-5-11(6-12(9(8)2)15(20)21)16-14(19)13-7-18(4)17-10(13)3/h5-7H,1-4H3,(H,16,19)(H,20,21). The molecule has 0 saturated carbocycles. The number of hydrogen-bond donors (Lipinski definition) is 2. The molecule has 0 atom stereocenters. The largest absolute Gasteiger partial charge is 0.478 e. The van der Waals surface area contributed by atoms with Gasteiger partial charge in [0.25, 0.3) is 5.91 Å². The SMILES string of the molecule is Cc1cc(NC(=O)c2cn(C)nc2C)cc(C(=O)O)c1C. The van der Waals surface area contributed by atoms with Gasteiger partial charge < -0.3 is 10.4 Å². The fourth-order valence-corrected chi connectivity index (χ4v) is 2.17. The van der Waals surface area contributed by atoms with E-state index in [1.54, 1.807) is 37.8 Å². The summed E-state index contributed by atoms with van der Waals surface area (Å²) in [6, 6.07) is 3.22. The summed E-state index contributed by atoms with van der Waals surface area (Å²) in [6.45, 7) is 5.31. The monoisotopic (exact) mass is 287 g/mol. The average Bonchev–Trinajstić information content (AvgIpc) is 2.72. The van der Waals surface area contributed by atoms with Gasteiger partial charge in [-0.25, -0.2) is 4.79 Å². The lowest BCUT2D eigenvalue weighted by Gasteiger charge is -2.10. The van der Waals surface area contributed by atoms with E-state index in [2.05, 4.69) is 10.4 Å². The number of nitrogens with one attached hydrogen (secondary N) is 1. The van der Waals surface area contributed by atoms with Crippen LogP contribution >= 0.6 is 0 Å². The van der Waals surface area contributed by atoms with E-state index >= 15 is 0 Å². The summed E-state index contributed by atoms with van der Waals surface area (Å²) in [5, 5.41) is 16.0. The van der Waals surface area contributed by atoms with Crippen LogP contribution in [-0.2, 0) is 7.05 Å². The highest BCUT2D eigenvalue weighted by molar-refractivity contribution is 6.05. The second-order valence-corrected chi connectivity index (χ2v) is 5.03. The van der Waals surface area contributed by atoms with Crippen molar-refractivity contribution in [2.75, 3.05) is 5.32 Å². The van der Waals surface area contributed by atoms with Gasteiger partial charge in [-0.3, -0.25) is 9.48 Å². The number of carbonyl (C=O) groups is 2. The smallest absolute Gasteiger partial charge is 0.336 e. The fraction of sp³-hybridized carbons (Fsp3) is 0.267. The van der Waals surface area contributed by atoms with Crippen LogP contribution in [0.4, 0.5) is 5.69 Å². The van der Waals surface area contributed by atoms with Gasteiger partial charge in [-0.1, -0.05) is 0 Å². The van der Waals surface area contributed by atoms with Crippen molar-refractivity contribution in [1.82, 2.24) is 9.78 Å². The minimum absolute atomic E-state index is 0.188. The molecule has 6 heteroatoms. The Balaban J connectivity index is 2.34. The molecule has 0 aliphatic heterocycles. The van der Waals surface area contributed by atoms with Crippen molar-refractivity contribution in [2.24, 2.45) is 7.05 Å². The van der Waals surface area contributed by atoms with E-state index in [1.807, 2.05) is 6.92 Å². The Morgan fingerprint density at radius 1 is 1.19 bits per heavy atom. The summed E-state index contributed by atoms with van der Waals surface area (Å²) in [5.41, 5.74) is 3.24. The molecule has 0 unspecified atom stereocenters. The third-order valence-corrected chi connectivity index (χ3v) is 3.41. The number of rotatable bonds is 3. The second-order valence-electron chi connectivity index (χ2n) is 5.03. The third-order valence-electron chi connectivity index (χ3n) is 3.41. The van der Waals surface area contributed by atoms with Gasteiger partial charge in [-0.2, -0.15) is 5.10 Å². The van der Waals surface area contributed by atoms with Crippen molar-refractivity contribution in [3.63, 3.8) is 0 Å². The second kappa shape index (κ2) is 5.40. The molecular weight excluding hydrogens is 270 g/mol. The quantitative estimate of drug-likeness (QED) is 0.907. The van der Waals surface area contributed by atoms with Crippen LogP contribution < -0.4 is 5.32 Å². The van der Waals surface area contributed by atoms with Crippen molar-refractivity contribution in [2.45, 2.75) is 20.8 Å². The molecule has 0 radical (unpaired) electrons. The number of benzene rings is 1. The number of carboxylic acid groups (broad SMARTS) is 1. The van der Waals surface area contributed by atoms with Gasteiger partial charge in [-0.05, 0) is 44.0 Å². The van der Waals surface area contributed by atoms with E-state index in [4.69, 9.17) is 0 Å². The van der Waals surface area contributed by atoms with Gasteiger partial charge in [0.2, 0.25) is 0 Å². The molecule has 1 aromatic heterocycles. The molecule has 21 heavy (non-hydrogen) atoms. The first kappa shape index (κ1) is 14.8. The maximum atomic E-state index is 12.2. The lowest BCUT2D eigenvalue weighted by atomic mass is 10.0. The number of hydrogen-bond acceptors (Lipinski definition) is 3. The molecule has 110 valence electrons. The Kier molecular flexibility index (Phi) is 3.80.